The van der Waals surface area contributed by atoms with Crippen molar-refractivity contribution in [2.24, 2.45) is 0 Å². The van der Waals surface area contributed by atoms with Crippen LogP contribution in [0, 0.1) is 0 Å². The van der Waals surface area contributed by atoms with Crippen molar-refractivity contribution in [1.29, 1.82) is 0 Å². The zero-order valence-corrected chi connectivity index (χ0v) is 16.4. The van der Waals surface area contributed by atoms with E-state index in [-0.39, 0.29) is 5.56 Å². The van der Waals surface area contributed by atoms with E-state index in [0.717, 1.165) is 27.8 Å². The predicted molar refractivity (Wildman–Crippen MR) is 118 cm³/mol. The maximum atomic E-state index is 16.4. The minimum atomic E-state index is -1.21. The highest BCUT2D eigenvalue weighted by Gasteiger charge is 2.48. The zero-order chi connectivity index (χ0) is 20.6. The molecule has 0 amide bonds. The van der Waals surface area contributed by atoms with Gasteiger partial charge in [-0.25, -0.2) is 8.78 Å². The molecule has 0 N–H and O–H groups in total. The van der Waals surface area contributed by atoms with Gasteiger partial charge in [0.25, 0.3) is 0 Å². The molecular formula is C28H20F2. The summed E-state index contributed by atoms with van der Waals surface area (Å²) in [5.74, 6) is -1.55. The second kappa shape index (κ2) is 7.38. The summed E-state index contributed by atoms with van der Waals surface area (Å²) in [6, 6.07) is 33.8. The Balaban J connectivity index is 1.83. The molecule has 0 saturated carbocycles. The first-order valence-electron chi connectivity index (χ1n) is 10.1. The topological polar surface area (TPSA) is 0 Å². The lowest BCUT2D eigenvalue weighted by Gasteiger charge is -2.31. The van der Waals surface area contributed by atoms with E-state index >= 15 is 8.78 Å². The molecule has 0 fully saturated rings. The molecule has 5 rings (SSSR count). The first-order valence-corrected chi connectivity index (χ1v) is 10.1. The van der Waals surface area contributed by atoms with Gasteiger partial charge in [0.05, 0.1) is 5.41 Å². The van der Waals surface area contributed by atoms with Gasteiger partial charge in [0.2, 0.25) is 0 Å². The van der Waals surface area contributed by atoms with Gasteiger partial charge >= 0.3 is 0 Å². The fourth-order valence-electron chi connectivity index (χ4n) is 4.63. The molecule has 0 atom stereocenters. The number of hydrogen-bond donors (Lipinski definition) is 0. The van der Waals surface area contributed by atoms with E-state index in [1.54, 1.807) is 30.3 Å². The van der Waals surface area contributed by atoms with Crippen molar-refractivity contribution in [3.8, 4) is 11.1 Å². The van der Waals surface area contributed by atoms with Gasteiger partial charge in [-0.05, 0) is 34.2 Å². The van der Waals surface area contributed by atoms with Gasteiger partial charge in [-0.2, -0.15) is 0 Å². The van der Waals surface area contributed by atoms with E-state index in [2.05, 4.69) is 0 Å². The van der Waals surface area contributed by atoms with Crippen LogP contribution in [0.4, 0.5) is 8.78 Å². The molecular weight excluding hydrogens is 374 g/mol. The lowest BCUT2D eigenvalue weighted by Crippen LogP contribution is -2.30. The second-order valence-electron chi connectivity index (χ2n) is 7.65. The summed E-state index contributed by atoms with van der Waals surface area (Å²) in [6.07, 6.45) is 0.341. The maximum absolute atomic E-state index is 16.4. The smallest absolute Gasteiger partial charge is 0.163 e. The zero-order valence-electron chi connectivity index (χ0n) is 16.4. The highest BCUT2D eigenvalue weighted by molar-refractivity contribution is 5.85. The van der Waals surface area contributed by atoms with Crippen LogP contribution in [0.3, 0.4) is 0 Å². The molecule has 4 aromatic rings. The van der Waals surface area contributed by atoms with E-state index < -0.39 is 17.1 Å². The summed E-state index contributed by atoms with van der Waals surface area (Å²) in [4.78, 5) is 0. The Labute approximate surface area is 175 Å². The van der Waals surface area contributed by atoms with Crippen molar-refractivity contribution < 1.29 is 8.78 Å². The molecule has 146 valence electrons. The van der Waals surface area contributed by atoms with Crippen molar-refractivity contribution in [3.05, 3.63) is 137 Å². The van der Waals surface area contributed by atoms with Crippen LogP contribution in [-0.2, 0) is 11.8 Å². The number of allylic oxidation sites excluding steroid dienone is 1. The maximum Gasteiger partial charge on any atom is 0.163 e. The van der Waals surface area contributed by atoms with Crippen LogP contribution in [0.1, 0.15) is 22.3 Å². The highest BCUT2D eigenvalue weighted by atomic mass is 19.2. The summed E-state index contributed by atoms with van der Waals surface area (Å²) in [6.45, 7) is 0. The Morgan fingerprint density at radius 1 is 0.567 bits per heavy atom. The summed E-state index contributed by atoms with van der Waals surface area (Å²) in [5, 5.41) is 0. The third-order valence-electron chi connectivity index (χ3n) is 5.97. The summed E-state index contributed by atoms with van der Waals surface area (Å²) < 4.78 is 32.0. The summed E-state index contributed by atoms with van der Waals surface area (Å²) in [7, 11) is 0. The molecule has 0 spiro atoms. The molecule has 0 aliphatic heterocycles. The van der Waals surface area contributed by atoms with Crippen LogP contribution in [0.5, 0.6) is 0 Å². The van der Waals surface area contributed by atoms with Crippen molar-refractivity contribution in [2.45, 2.75) is 11.8 Å². The molecule has 1 aliphatic rings. The van der Waals surface area contributed by atoms with Crippen LogP contribution in [0.2, 0.25) is 0 Å². The molecule has 0 nitrogen and oxygen atoms in total. The van der Waals surface area contributed by atoms with Gasteiger partial charge in [-0.15, -0.1) is 0 Å². The van der Waals surface area contributed by atoms with Crippen LogP contribution in [0.15, 0.2) is 115 Å². The van der Waals surface area contributed by atoms with Gasteiger partial charge in [-0.1, -0.05) is 109 Å². The fourth-order valence-corrected chi connectivity index (χ4v) is 4.63. The van der Waals surface area contributed by atoms with Crippen LogP contribution < -0.4 is 0 Å². The molecule has 0 heterocycles. The van der Waals surface area contributed by atoms with Gasteiger partial charge < -0.3 is 0 Å². The quantitative estimate of drug-likeness (QED) is 0.336. The normalized spacial score (nSPS) is 14.6. The molecule has 1 aliphatic carbocycles. The Morgan fingerprint density at radius 2 is 1.03 bits per heavy atom. The largest absolute Gasteiger partial charge is 0.207 e. The van der Waals surface area contributed by atoms with Crippen molar-refractivity contribution >= 4 is 5.83 Å². The van der Waals surface area contributed by atoms with Crippen molar-refractivity contribution in [1.82, 2.24) is 0 Å². The summed E-state index contributed by atoms with van der Waals surface area (Å²) >= 11 is 0. The van der Waals surface area contributed by atoms with Gasteiger partial charge in [0, 0.05) is 5.56 Å². The number of fused-ring (bicyclic) bond motifs is 3. The van der Waals surface area contributed by atoms with E-state index in [4.69, 9.17) is 0 Å². The Hall–Kier alpha value is -3.52. The fraction of sp³-hybridized carbons (Fsp3) is 0.0714. The van der Waals surface area contributed by atoms with E-state index in [1.807, 2.05) is 78.9 Å². The number of halogens is 2. The van der Waals surface area contributed by atoms with Gasteiger partial charge in [-0.3, -0.25) is 0 Å². The minimum absolute atomic E-state index is 0.254. The molecule has 4 aromatic carbocycles. The monoisotopic (exact) mass is 394 g/mol. The number of benzene rings is 4. The van der Waals surface area contributed by atoms with Crippen molar-refractivity contribution in [3.63, 3.8) is 0 Å². The Morgan fingerprint density at radius 3 is 1.60 bits per heavy atom. The predicted octanol–water partition coefficient (Wildman–Crippen LogP) is 7.50. The minimum Gasteiger partial charge on any atom is -0.207 e. The second-order valence-corrected chi connectivity index (χ2v) is 7.65. The molecule has 2 heteroatoms. The Bertz CT molecular complexity index is 1180. The molecule has 0 aromatic heterocycles. The van der Waals surface area contributed by atoms with Gasteiger partial charge in [0.15, 0.2) is 11.7 Å². The van der Waals surface area contributed by atoms with E-state index in [0.29, 0.717) is 6.42 Å². The van der Waals surface area contributed by atoms with E-state index in [1.165, 1.54) is 0 Å². The summed E-state index contributed by atoms with van der Waals surface area (Å²) in [5.41, 5.74) is 3.52. The average molecular weight is 394 g/mol. The average Bonchev–Trinajstić information content (AvgIpc) is 3.10. The standard InChI is InChI=1S/C28H20F2/c29-26(21-13-5-2-6-14-21)27(30)28(19-20-11-3-1-4-12-20)24-17-9-7-15-22(24)23-16-8-10-18-25(23)28/h1-18H,19H2. The van der Waals surface area contributed by atoms with Gasteiger partial charge in [0.1, 0.15) is 0 Å². The van der Waals surface area contributed by atoms with Crippen LogP contribution >= 0.6 is 0 Å². The lowest BCUT2D eigenvalue weighted by atomic mass is 9.72. The SMILES string of the molecule is FC(=C(F)C1(Cc2ccccc2)c2ccccc2-c2ccccc21)c1ccccc1. The van der Waals surface area contributed by atoms with Crippen molar-refractivity contribution in [2.75, 3.05) is 0 Å². The molecule has 30 heavy (non-hydrogen) atoms. The number of hydrogen-bond acceptors (Lipinski definition) is 0. The molecule has 0 radical (unpaired) electrons. The highest BCUT2D eigenvalue weighted by Crippen LogP contribution is 2.56. The van der Waals surface area contributed by atoms with Crippen LogP contribution in [-0.4, -0.2) is 0 Å². The first kappa shape index (κ1) is 18.5. The molecule has 0 bridgehead atoms. The van der Waals surface area contributed by atoms with E-state index in [9.17, 15) is 0 Å². The third-order valence-corrected chi connectivity index (χ3v) is 5.97. The first-order chi connectivity index (χ1) is 14.7. The molecule has 0 saturated heterocycles. The van der Waals surface area contributed by atoms with Crippen LogP contribution in [0.25, 0.3) is 17.0 Å². The lowest BCUT2D eigenvalue weighted by molar-refractivity contribution is 0.447. The molecule has 0 unspecified atom stereocenters. The Kier molecular flexibility index (Phi) is 4.55. The third kappa shape index (κ3) is 2.80. The number of rotatable bonds is 4.